The highest BCUT2D eigenvalue weighted by molar-refractivity contribution is 9.09. The van der Waals surface area contributed by atoms with Crippen molar-refractivity contribution in [1.29, 1.82) is 0 Å². The van der Waals surface area contributed by atoms with Crippen LogP contribution in [0.1, 0.15) is 194 Å². The number of alkyl halides is 1. The summed E-state index contributed by atoms with van der Waals surface area (Å²) in [5.74, 6) is -2.16. The fourth-order valence-corrected chi connectivity index (χ4v) is 5.76. The van der Waals surface area contributed by atoms with Gasteiger partial charge in [0, 0.05) is 6.61 Å². The normalized spacial score (nSPS) is 14.8. The Morgan fingerprint density at radius 1 is 0.463 bits per heavy atom. The van der Waals surface area contributed by atoms with E-state index in [-0.39, 0.29) is 6.61 Å². The van der Waals surface area contributed by atoms with Gasteiger partial charge in [-0.2, -0.15) is 0 Å². The molecule has 0 fully saturated rings. The first-order chi connectivity index (χ1) is 20.0. The SMILES string of the molecule is CCCCCCCCCCCCCCCCOC(O)C(O)(OCCCCCCCCCCCCCCCC)C(O)Br. The Morgan fingerprint density at radius 2 is 0.732 bits per heavy atom. The topological polar surface area (TPSA) is 79.2 Å². The Labute approximate surface area is 264 Å². The van der Waals surface area contributed by atoms with Crippen LogP contribution in [0.15, 0.2) is 0 Å². The van der Waals surface area contributed by atoms with Crippen LogP contribution in [0, 0.1) is 0 Å². The van der Waals surface area contributed by atoms with Gasteiger partial charge in [0.25, 0.3) is 5.79 Å². The summed E-state index contributed by atoms with van der Waals surface area (Å²) in [6.45, 7) is 5.15. The van der Waals surface area contributed by atoms with E-state index in [0.717, 1.165) is 38.5 Å². The fourth-order valence-electron chi connectivity index (χ4n) is 5.40. The largest absolute Gasteiger partial charge is 0.376 e. The number of aliphatic hydroxyl groups is 3. The van der Waals surface area contributed by atoms with Gasteiger partial charge in [0.05, 0.1) is 6.61 Å². The van der Waals surface area contributed by atoms with E-state index in [9.17, 15) is 15.3 Å². The molecule has 0 amide bonds. The standard InChI is InChI=1S/C35H71BrO5/c1-3-5-7-9-11-13-15-17-19-21-23-25-27-29-31-40-34(38)35(39,33(36)37)41-32-30-28-26-24-22-20-18-16-14-12-10-8-6-4-2/h33-34,37-39H,3-32H2,1-2H3. The van der Waals surface area contributed by atoms with Gasteiger partial charge in [-0.05, 0) is 12.8 Å². The van der Waals surface area contributed by atoms with E-state index in [1.54, 1.807) is 0 Å². The summed E-state index contributed by atoms with van der Waals surface area (Å²) >= 11 is 2.97. The first-order valence-electron chi connectivity index (χ1n) is 18.0. The molecule has 0 aromatic carbocycles. The van der Waals surface area contributed by atoms with Crippen molar-refractivity contribution in [3.05, 3.63) is 0 Å². The number of halogens is 1. The Kier molecular flexibility index (Phi) is 31.9. The van der Waals surface area contributed by atoms with Crippen molar-refractivity contribution in [1.82, 2.24) is 0 Å². The molecule has 3 atom stereocenters. The van der Waals surface area contributed by atoms with Gasteiger partial charge < -0.3 is 24.8 Å². The lowest BCUT2D eigenvalue weighted by atomic mass is 10.0. The van der Waals surface area contributed by atoms with Gasteiger partial charge in [-0.15, -0.1) is 0 Å². The molecule has 6 heteroatoms. The number of unbranched alkanes of at least 4 members (excludes halogenated alkanes) is 26. The molecule has 0 saturated heterocycles. The van der Waals surface area contributed by atoms with Crippen LogP contribution in [0.4, 0.5) is 0 Å². The van der Waals surface area contributed by atoms with Crippen LogP contribution >= 0.6 is 15.9 Å². The zero-order chi connectivity index (χ0) is 30.3. The summed E-state index contributed by atoms with van der Waals surface area (Å²) in [4.78, 5) is 0. The third-order valence-corrected chi connectivity index (χ3v) is 8.96. The van der Waals surface area contributed by atoms with Crippen LogP contribution in [-0.2, 0) is 9.47 Å². The summed E-state index contributed by atoms with van der Waals surface area (Å²) in [6, 6.07) is 0. The number of rotatable bonds is 34. The Morgan fingerprint density at radius 3 is 1.02 bits per heavy atom. The van der Waals surface area contributed by atoms with E-state index in [2.05, 4.69) is 29.8 Å². The quantitative estimate of drug-likeness (QED) is 0.0367. The molecule has 5 nitrogen and oxygen atoms in total. The van der Waals surface area contributed by atoms with Gasteiger partial charge in [-0.1, -0.05) is 197 Å². The van der Waals surface area contributed by atoms with E-state index < -0.39 is 17.1 Å². The molecule has 0 aliphatic carbocycles. The van der Waals surface area contributed by atoms with Crippen LogP contribution in [0.2, 0.25) is 0 Å². The van der Waals surface area contributed by atoms with Gasteiger partial charge in [0.15, 0.2) is 5.01 Å². The van der Waals surface area contributed by atoms with E-state index in [1.165, 1.54) is 141 Å². The van der Waals surface area contributed by atoms with E-state index in [4.69, 9.17) is 9.47 Å². The lowest BCUT2D eigenvalue weighted by Gasteiger charge is -2.33. The molecule has 0 bridgehead atoms. The minimum absolute atomic E-state index is 0.274. The van der Waals surface area contributed by atoms with Crippen molar-refractivity contribution >= 4 is 15.9 Å². The van der Waals surface area contributed by atoms with E-state index >= 15 is 0 Å². The maximum Gasteiger partial charge on any atom is 0.255 e. The second kappa shape index (κ2) is 31.7. The minimum Gasteiger partial charge on any atom is -0.376 e. The third kappa shape index (κ3) is 26.4. The van der Waals surface area contributed by atoms with Crippen LogP contribution in [0.5, 0.6) is 0 Å². The smallest absolute Gasteiger partial charge is 0.255 e. The molecule has 0 spiro atoms. The second-order valence-electron chi connectivity index (χ2n) is 12.4. The van der Waals surface area contributed by atoms with Crippen molar-refractivity contribution in [3.8, 4) is 0 Å². The zero-order valence-electron chi connectivity index (χ0n) is 27.4. The molecular formula is C35H71BrO5. The van der Waals surface area contributed by atoms with Crippen molar-refractivity contribution in [2.45, 2.75) is 211 Å². The van der Waals surface area contributed by atoms with Crippen LogP contribution < -0.4 is 0 Å². The lowest BCUT2D eigenvalue weighted by molar-refractivity contribution is -0.340. The molecule has 0 aromatic rings. The molecule has 0 saturated carbocycles. The number of hydrogen-bond donors (Lipinski definition) is 3. The maximum atomic E-state index is 10.7. The first kappa shape index (κ1) is 41.3. The predicted octanol–water partition coefficient (Wildman–Crippen LogP) is 10.7. The molecule has 0 aliphatic rings. The van der Waals surface area contributed by atoms with Gasteiger partial charge in [-0.3, -0.25) is 0 Å². The van der Waals surface area contributed by atoms with Gasteiger partial charge in [-0.25, -0.2) is 0 Å². The molecular weight excluding hydrogens is 580 g/mol. The summed E-state index contributed by atoms with van der Waals surface area (Å²) in [5.41, 5.74) is 0. The molecule has 0 aromatic heterocycles. The lowest BCUT2D eigenvalue weighted by Crippen LogP contribution is -2.53. The third-order valence-electron chi connectivity index (χ3n) is 8.30. The van der Waals surface area contributed by atoms with Crippen LogP contribution in [0.25, 0.3) is 0 Å². The fraction of sp³-hybridized carbons (Fsp3) is 1.00. The highest BCUT2D eigenvalue weighted by atomic mass is 79.9. The molecule has 0 rings (SSSR count). The highest BCUT2D eigenvalue weighted by Gasteiger charge is 2.44. The van der Waals surface area contributed by atoms with Crippen molar-refractivity contribution < 1.29 is 24.8 Å². The molecule has 3 N–H and O–H groups in total. The average Bonchev–Trinajstić information content (AvgIpc) is 2.96. The number of ether oxygens (including phenoxy) is 2. The Balaban J connectivity index is 3.65. The second-order valence-corrected chi connectivity index (χ2v) is 13.2. The average molecular weight is 652 g/mol. The van der Waals surface area contributed by atoms with Gasteiger partial charge in [0.2, 0.25) is 6.29 Å². The van der Waals surface area contributed by atoms with Crippen LogP contribution in [0.3, 0.4) is 0 Å². The monoisotopic (exact) mass is 650 g/mol. The summed E-state index contributed by atoms with van der Waals surface area (Å²) < 4.78 is 11.0. The number of aliphatic hydroxyl groups excluding tert-OH is 2. The summed E-state index contributed by atoms with van der Waals surface area (Å²) in [5, 5.41) is 29.6. The highest BCUT2D eigenvalue weighted by Crippen LogP contribution is 2.24. The molecule has 0 heterocycles. The van der Waals surface area contributed by atoms with Gasteiger partial charge >= 0.3 is 0 Å². The zero-order valence-corrected chi connectivity index (χ0v) is 29.0. The van der Waals surface area contributed by atoms with Crippen molar-refractivity contribution in [2.24, 2.45) is 0 Å². The van der Waals surface area contributed by atoms with Crippen molar-refractivity contribution in [3.63, 3.8) is 0 Å². The first-order valence-corrected chi connectivity index (χ1v) is 18.9. The van der Waals surface area contributed by atoms with Crippen molar-refractivity contribution in [2.75, 3.05) is 13.2 Å². The number of hydrogen-bond acceptors (Lipinski definition) is 5. The molecule has 0 radical (unpaired) electrons. The molecule has 41 heavy (non-hydrogen) atoms. The molecule has 0 aliphatic heterocycles. The molecule has 3 unspecified atom stereocenters. The summed E-state index contributed by atoms with van der Waals surface area (Å²) in [6.07, 6.45) is 34.1. The van der Waals surface area contributed by atoms with Crippen LogP contribution in [-0.4, -0.2) is 45.6 Å². The van der Waals surface area contributed by atoms with E-state index in [1.807, 2.05) is 0 Å². The minimum atomic E-state index is -2.16. The summed E-state index contributed by atoms with van der Waals surface area (Å²) in [7, 11) is 0. The predicted molar refractivity (Wildman–Crippen MR) is 178 cm³/mol. The Hall–Kier alpha value is 0.280. The van der Waals surface area contributed by atoms with Gasteiger partial charge in [0.1, 0.15) is 0 Å². The Bertz CT molecular complexity index is 507. The van der Waals surface area contributed by atoms with E-state index in [0.29, 0.717) is 6.61 Å². The maximum absolute atomic E-state index is 10.7. The molecule has 248 valence electrons.